The Bertz CT molecular complexity index is 652. The zero-order chi connectivity index (χ0) is 14.0. The van der Waals surface area contributed by atoms with E-state index in [4.69, 9.17) is 23.2 Å². The van der Waals surface area contributed by atoms with Crippen LogP contribution in [0.25, 0.3) is 0 Å². The Morgan fingerprint density at radius 1 is 1.37 bits per heavy atom. The smallest absolute Gasteiger partial charge is 0.258 e. The molecule has 3 nitrogen and oxygen atoms in total. The number of halogens is 4. The van der Waals surface area contributed by atoms with E-state index in [0.717, 1.165) is 0 Å². The van der Waals surface area contributed by atoms with Crippen molar-refractivity contribution in [2.45, 2.75) is 0 Å². The summed E-state index contributed by atoms with van der Waals surface area (Å²) in [5.74, 6) is -1.27. The molecule has 0 aliphatic carbocycles. The maximum Gasteiger partial charge on any atom is 0.258 e. The predicted octanol–water partition coefficient (Wildman–Crippen LogP) is 4.54. The summed E-state index contributed by atoms with van der Waals surface area (Å²) in [5, 5.41) is 2.35. The SMILES string of the molecule is O=C(Nc1cccc(Cl)c1F)c1cc(Br)cnc1Cl. The van der Waals surface area contributed by atoms with Crippen molar-refractivity contribution in [3.8, 4) is 0 Å². The topological polar surface area (TPSA) is 42.0 Å². The lowest BCUT2D eigenvalue weighted by atomic mass is 10.2. The second kappa shape index (κ2) is 5.86. The van der Waals surface area contributed by atoms with E-state index in [0.29, 0.717) is 4.47 Å². The highest BCUT2D eigenvalue weighted by Crippen LogP contribution is 2.24. The molecule has 1 N–H and O–H groups in total. The number of hydrogen-bond donors (Lipinski definition) is 1. The highest BCUT2D eigenvalue weighted by atomic mass is 79.9. The third-order valence-corrected chi connectivity index (χ3v) is 3.28. The Morgan fingerprint density at radius 2 is 2.11 bits per heavy atom. The third kappa shape index (κ3) is 3.23. The molecule has 2 aromatic rings. The Hall–Kier alpha value is -1.17. The Balaban J connectivity index is 2.31. The van der Waals surface area contributed by atoms with Gasteiger partial charge in [0.15, 0.2) is 5.82 Å². The molecule has 1 aromatic carbocycles. The van der Waals surface area contributed by atoms with Crippen molar-refractivity contribution < 1.29 is 9.18 Å². The first-order chi connectivity index (χ1) is 8.99. The molecule has 0 unspecified atom stereocenters. The standard InChI is InChI=1S/C12H6BrCl2FN2O/c13-6-4-7(11(15)17-5-6)12(19)18-9-3-1-2-8(14)10(9)16/h1-5H,(H,18,19). The minimum absolute atomic E-state index is 0.0199. The van der Waals surface area contributed by atoms with Crippen LogP contribution in [0.3, 0.4) is 0 Å². The van der Waals surface area contributed by atoms with Crippen LogP contribution in [0.2, 0.25) is 10.2 Å². The van der Waals surface area contributed by atoms with E-state index in [9.17, 15) is 9.18 Å². The molecule has 1 heterocycles. The number of nitrogens with one attached hydrogen (secondary N) is 1. The van der Waals surface area contributed by atoms with Gasteiger partial charge in [0, 0.05) is 10.7 Å². The normalized spacial score (nSPS) is 10.3. The maximum absolute atomic E-state index is 13.7. The van der Waals surface area contributed by atoms with Gasteiger partial charge in [-0.15, -0.1) is 0 Å². The molecule has 2 rings (SSSR count). The first kappa shape index (κ1) is 14.2. The van der Waals surface area contributed by atoms with Crippen LogP contribution in [-0.2, 0) is 0 Å². The van der Waals surface area contributed by atoms with E-state index in [-0.39, 0.29) is 21.4 Å². The largest absolute Gasteiger partial charge is 0.319 e. The van der Waals surface area contributed by atoms with Crippen LogP contribution in [0.4, 0.5) is 10.1 Å². The molecule has 98 valence electrons. The monoisotopic (exact) mass is 362 g/mol. The van der Waals surface area contributed by atoms with Gasteiger partial charge in [0.1, 0.15) is 5.15 Å². The van der Waals surface area contributed by atoms with E-state index >= 15 is 0 Å². The minimum Gasteiger partial charge on any atom is -0.319 e. The summed E-state index contributed by atoms with van der Waals surface area (Å²) in [6.07, 6.45) is 1.46. The van der Waals surface area contributed by atoms with Gasteiger partial charge in [-0.05, 0) is 34.1 Å². The lowest BCUT2D eigenvalue weighted by Gasteiger charge is -2.08. The van der Waals surface area contributed by atoms with Gasteiger partial charge in [-0.3, -0.25) is 4.79 Å². The second-order valence-electron chi connectivity index (χ2n) is 3.55. The fourth-order valence-electron chi connectivity index (χ4n) is 1.37. The average molecular weight is 364 g/mol. The van der Waals surface area contributed by atoms with Crippen molar-refractivity contribution in [1.82, 2.24) is 4.98 Å². The Labute approximate surface area is 126 Å². The molecule has 0 bridgehead atoms. The van der Waals surface area contributed by atoms with Crippen LogP contribution >= 0.6 is 39.1 Å². The molecule has 1 aromatic heterocycles. The molecule has 0 fully saturated rings. The van der Waals surface area contributed by atoms with Crippen LogP contribution in [0, 0.1) is 5.82 Å². The summed E-state index contributed by atoms with van der Waals surface area (Å²) in [6.45, 7) is 0. The molecule has 0 saturated heterocycles. The number of anilines is 1. The van der Waals surface area contributed by atoms with Gasteiger partial charge in [-0.1, -0.05) is 29.3 Å². The van der Waals surface area contributed by atoms with Crippen LogP contribution in [0.15, 0.2) is 34.9 Å². The number of carbonyl (C=O) groups is 1. The number of nitrogens with zero attached hydrogens (tertiary/aromatic N) is 1. The summed E-state index contributed by atoms with van der Waals surface area (Å²) in [6, 6.07) is 5.81. The lowest BCUT2D eigenvalue weighted by molar-refractivity contribution is 0.102. The van der Waals surface area contributed by atoms with Gasteiger partial charge >= 0.3 is 0 Å². The van der Waals surface area contributed by atoms with Gasteiger partial charge in [-0.2, -0.15) is 0 Å². The number of aromatic nitrogens is 1. The predicted molar refractivity (Wildman–Crippen MR) is 76.3 cm³/mol. The van der Waals surface area contributed by atoms with Gasteiger partial charge < -0.3 is 5.32 Å². The Morgan fingerprint density at radius 3 is 2.84 bits per heavy atom. The summed E-state index contributed by atoms with van der Waals surface area (Å²) >= 11 is 14.6. The molecule has 1 amide bonds. The van der Waals surface area contributed by atoms with E-state index in [2.05, 4.69) is 26.2 Å². The van der Waals surface area contributed by atoms with Crippen molar-refractivity contribution in [3.05, 3.63) is 56.5 Å². The number of carbonyl (C=O) groups excluding carboxylic acids is 1. The van der Waals surface area contributed by atoms with E-state index in [1.54, 1.807) is 0 Å². The molecule has 7 heteroatoms. The van der Waals surface area contributed by atoms with E-state index < -0.39 is 11.7 Å². The molecule has 0 spiro atoms. The highest BCUT2D eigenvalue weighted by molar-refractivity contribution is 9.10. The molecule has 19 heavy (non-hydrogen) atoms. The first-order valence-electron chi connectivity index (χ1n) is 5.05. The van der Waals surface area contributed by atoms with Crippen LogP contribution in [-0.4, -0.2) is 10.9 Å². The highest BCUT2D eigenvalue weighted by Gasteiger charge is 2.15. The number of amides is 1. The molecule has 0 saturated carbocycles. The van der Waals surface area contributed by atoms with Crippen molar-refractivity contribution in [3.63, 3.8) is 0 Å². The molecule has 0 radical (unpaired) electrons. The number of pyridine rings is 1. The average Bonchev–Trinajstić information content (AvgIpc) is 2.38. The molecule has 0 aliphatic heterocycles. The van der Waals surface area contributed by atoms with Crippen LogP contribution < -0.4 is 5.32 Å². The minimum atomic E-state index is -0.698. The van der Waals surface area contributed by atoms with Gasteiger partial charge in [0.05, 0.1) is 16.3 Å². The van der Waals surface area contributed by atoms with Gasteiger partial charge in [-0.25, -0.2) is 9.37 Å². The van der Waals surface area contributed by atoms with Gasteiger partial charge in [0.2, 0.25) is 0 Å². The molecule has 0 atom stereocenters. The second-order valence-corrected chi connectivity index (χ2v) is 5.23. The molecular weight excluding hydrogens is 358 g/mol. The molecule has 0 aliphatic rings. The summed E-state index contributed by atoms with van der Waals surface area (Å²) < 4.78 is 14.2. The molecular formula is C12H6BrCl2FN2O. The lowest BCUT2D eigenvalue weighted by Crippen LogP contribution is -2.14. The van der Waals surface area contributed by atoms with Crippen LogP contribution in [0.5, 0.6) is 0 Å². The summed E-state index contributed by atoms with van der Waals surface area (Å²) in [5.41, 5.74) is 0.115. The van der Waals surface area contributed by atoms with E-state index in [1.807, 2.05) is 0 Å². The fraction of sp³-hybridized carbons (Fsp3) is 0. The van der Waals surface area contributed by atoms with E-state index in [1.165, 1.54) is 30.5 Å². The van der Waals surface area contributed by atoms with Crippen LogP contribution in [0.1, 0.15) is 10.4 Å². The van der Waals surface area contributed by atoms with Crippen molar-refractivity contribution in [1.29, 1.82) is 0 Å². The summed E-state index contributed by atoms with van der Waals surface area (Å²) in [7, 11) is 0. The van der Waals surface area contributed by atoms with Crippen molar-refractivity contribution in [2.24, 2.45) is 0 Å². The Kier molecular flexibility index (Phi) is 4.39. The first-order valence-corrected chi connectivity index (χ1v) is 6.60. The zero-order valence-corrected chi connectivity index (χ0v) is 12.4. The zero-order valence-electron chi connectivity index (χ0n) is 9.25. The number of benzene rings is 1. The fourth-order valence-corrected chi connectivity index (χ4v) is 2.07. The maximum atomic E-state index is 13.7. The number of hydrogen-bond acceptors (Lipinski definition) is 2. The van der Waals surface area contributed by atoms with Crippen molar-refractivity contribution >= 4 is 50.7 Å². The van der Waals surface area contributed by atoms with Crippen molar-refractivity contribution in [2.75, 3.05) is 5.32 Å². The summed E-state index contributed by atoms with van der Waals surface area (Å²) in [4.78, 5) is 15.8. The third-order valence-electron chi connectivity index (χ3n) is 2.25. The van der Waals surface area contributed by atoms with Gasteiger partial charge in [0.25, 0.3) is 5.91 Å². The number of rotatable bonds is 2. The quantitative estimate of drug-likeness (QED) is 0.795.